The Kier molecular flexibility index (Phi) is 4.87. The van der Waals surface area contributed by atoms with Crippen LogP contribution in [0.3, 0.4) is 0 Å². The Bertz CT molecular complexity index is 1250. The van der Waals surface area contributed by atoms with Gasteiger partial charge < -0.3 is 16.0 Å². The Morgan fingerprint density at radius 2 is 2.03 bits per heavy atom. The fourth-order valence-corrected chi connectivity index (χ4v) is 3.53. The van der Waals surface area contributed by atoms with Gasteiger partial charge in [-0.25, -0.2) is 4.79 Å². The lowest BCUT2D eigenvalue weighted by atomic mass is 10.2. The Labute approximate surface area is 186 Å². The molecule has 2 fully saturated rings. The van der Waals surface area contributed by atoms with Crippen LogP contribution in [0.15, 0.2) is 30.1 Å². The highest BCUT2D eigenvalue weighted by atomic mass is 35.5. The van der Waals surface area contributed by atoms with E-state index in [0.29, 0.717) is 45.7 Å². The summed E-state index contributed by atoms with van der Waals surface area (Å²) in [7, 11) is 0. The van der Waals surface area contributed by atoms with E-state index in [1.165, 1.54) is 6.08 Å². The number of aromatic nitrogens is 4. The van der Waals surface area contributed by atoms with E-state index < -0.39 is 11.9 Å². The van der Waals surface area contributed by atoms with E-state index in [9.17, 15) is 9.59 Å². The number of anilines is 2. The molecule has 1 aromatic carbocycles. The van der Waals surface area contributed by atoms with E-state index in [-0.39, 0.29) is 5.70 Å². The fraction of sp³-hybridized carbons (Fsp3) is 0.211. The van der Waals surface area contributed by atoms with E-state index in [4.69, 9.17) is 23.2 Å². The van der Waals surface area contributed by atoms with Crippen molar-refractivity contribution in [3.8, 4) is 0 Å². The molecule has 0 radical (unpaired) electrons. The number of carbonyl (C=O) groups excluding carboxylic acids is 2. The third kappa shape index (κ3) is 4.12. The number of imide groups is 1. The van der Waals surface area contributed by atoms with Gasteiger partial charge in [-0.2, -0.15) is 19.6 Å². The molecule has 4 N–H and O–H groups in total. The van der Waals surface area contributed by atoms with Gasteiger partial charge in [0.25, 0.3) is 5.91 Å². The first-order valence-corrected chi connectivity index (χ1v) is 10.3. The molecule has 0 spiro atoms. The molecule has 0 atom stereocenters. The minimum Gasteiger partial charge on any atom is -0.351 e. The molecule has 2 aromatic heterocycles. The van der Waals surface area contributed by atoms with Crippen molar-refractivity contribution in [1.29, 1.82) is 0 Å². The topological polar surface area (TPSA) is 125 Å². The molecule has 5 rings (SSSR count). The number of hydrogen-bond donors (Lipinski definition) is 4. The van der Waals surface area contributed by atoms with Crippen molar-refractivity contribution in [3.05, 3.63) is 51.3 Å². The van der Waals surface area contributed by atoms with Crippen LogP contribution in [0.4, 0.5) is 16.7 Å². The summed E-state index contributed by atoms with van der Waals surface area (Å²) in [4.78, 5) is 32.4. The van der Waals surface area contributed by atoms with Crippen LogP contribution in [0, 0.1) is 0 Å². The number of amides is 3. The number of rotatable bonds is 6. The van der Waals surface area contributed by atoms with Crippen molar-refractivity contribution in [3.63, 3.8) is 0 Å². The Morgan fingerprint density at radius 3 is 2.74 bits per heavy atom. The lowest BCUT2D eigenvalue weighted by Crippen LogP contribution is -2.22. The van der Waals surface area contributed by atoms with Gasteiger partial charge >= 0.3 is 6.03 Å². The lowest BCUT2D eigenvalue weighted by molar-refractivity contribution is -0.115. The molecule has 158 valence electrons. The molecular weight excluding hydrogens is 443 g/mol. The molecule has 12 heteroatoms. The number of urea groups is 1. The highest BCUT2D eigenvalue weighted by molar-refractivity contribution is 6.35. The van der Waals surface area contributed by atoms with E-state index in [1.54, 1.807) is 22.8 Å². The molecule has 0 unspecified atom stereocenters. The zero-order valence-electron chi connectivity index (χ0n) is 15.9. The second kappa shape index (κ2) is 7.71. The zero-order chi connectivity index (χ0) is 21.5. The molecule has 1 saturated heterocycles. The largest absolute Gasteiger partial charge is 0.351 e. The van der Waals surface area contributed by atoms with Crippen LogP contribution in [0.2, 0.25) is 10.0 Å². The van der Waals surface area contributed by atoms with Gasteiger partial charge in [0.15, 0.2) is 5.65 Å². The van der Waals surface area contributed by atoms with Gasteiger partial charge in [0, 0.05) is 28.2 Å². The second-order valence-corrected chi connectivity index (χ2v) is 8.02. The minimum atomic E-state index is -0.569. The standard InChI is InChI=1S/C19H16Cl2N8O2/c20-11-2-1-9(13(21)6-11)7-22-17-26-15-10(5-14-16(30)27-19(31)25-14)8-23-29(15)18(28-17)24-12-3-4-12/h1-2,5-6,8,12H,3-4,7H2,(H2,22,24,26,28)(H2,25,27,30,31)/b14-5-. The summed E-state index contributed by atoms with van der Waals surface area (Å²) in [6.07, 6.45) is 5.20. The molecule has 1 aliphatic heterocycles. The highest BCUT2D eigenvalue weighted by Gasteiger charge is 2.26. The first-order chi connectivity index (χ1) is 15.0. The summed E-state index contributed by atoms with van der Waals surface area (Å²) in [6.45, 7) is 0.387. The van der Waals surface area contributed by atoms with Crippen LogP contribution in [0.25, 0.3) is 11.7 Å². The van der Waals surface area contributed by atoms with Gasteiger partial charge in [-0.1, -0.05) is 29.3 Å². The third-order valence-electron chi connectivity index (χ3n) is 4.78. The summed E-state index contributed by atoms with van der Waals surface area (Å²) < 4.78 is 1.57. The van der Waals surface area contributed by atoms with E-state index in [2.05, 4.69) is 36.3 Å². The Morgan fingerprint density at radius 1 is 1.19 bits per heavy atom. The van der Waals surface area contributed by atoms with Crippen molar-refractivity contribution >= 4 is 58.8 Å². The lowest BCUT2D eigenvalue weighted by Gasteiger charge is -2.11. The molecule has 2 aliphatic rings. The number of carbonyl (C=O) groups is 2. The molecule has 3 amide bonds. The van der Waals surface area contributed by atoms with Crippen molar-refractivity contribution < 1.29 is 9.59 Å². The average Bonchev–Trinajstić information content (AvgIpc) is 3.36. The van der Waals surface area contributed by atoms with Crippen LogP contribution in [0.5, 0.6) is 0 Å². The minimum absolute atomic E-state index is 0.123. The van der Waals surface area contributed by atoms with Gasteiger partial charge in [0.05, 0.1) is 6.20 Å². The normalized spacial score (nSPS) is 17.2. The zero-order valence-corrected chi connectivity index (χ0v) is 17.5. The molecule has 3 aromatic rings. The van der Waals surface area contributed by atoms with Crippen molar-refractivity contribution in [2.45, 2.75) is 25.4 Å². The van der Waals surface area contributed by atoms with Crippen LogP contribution in [-0.2, 0) is 11.3 Å². The molecule has 10 nitrogen and oxygen atoms in total. The average molecular weight is 459 g/mol. The molecule has 1 aliphatic carbocycles. The van der Waals surface area contributed by atoms with E-state index >= 15 is 0 Å². The molecule has 1 saturated carbocycles. The molecular formula is C19H16Cl2N8O2. The van der Waals surface area contributed by atoms with Crippen LogP contribution in [-0.4, -0.2) is 37.6 Å². The number of benzene rings is 1. The van der Waals surface area contributed by atoms with Crippen molar-refractivity contribution in [1.82, 2.24) is 30.2 Å². The summed E-state index contributed by atoms with van der Waals surface area (Å²) in [5, 5.41) is 16.6. The van der Waals surface area contributed by atoms with Crippen molar-refractivity contribution in [2.24, 2.45) is 0 Å². The molecule has 3 heterocycles. The van der Waals surface area contributed by atoms with Crippen LogP contribution in [0.1, 0.15) is 24.0 Å². The molecule has 31 heavy (non-hydrogen) atoms. The Hall–Kier alpha value is -3.37. The quantitative estimate of drug-likeness (QED) is 0.330. The van der Waals surface area contributed by atoms with Gasteiger partial charge in [-0.3, -0.25) is 10.1 Å². The monoisotopic (exact) mass is 458 g/mol. The summed E-state index contributed by atoms with van der Waals surface area (Å²) >= 11 is 12.2. The maximum atomic E-state index is 11.9. The number of nitrogens with one attached hydrogen (secondary N) is 4. The second-order valence-electron chi connectivity index (χ2n) is 7.18. The Balaban J connectivity index is 1.49. The van der Waals surface area contributed by atoms with E-state index in [0.717, 1.165) is 18.4 Å². The van der Waals surface area contributed by atoms with Gasteiger partial charge in [-0.15, -0.1) is 0 Å². The number of fused-ring (bicyclic) bond motifs is 1. The first-order valence-electron chi connectivity index (χ1n) is 9.50. The maximum Gasteiger partial charge on any atom is 0.326 e. The summed E-state index contributed by atoms with van der Waals surface area (Å²) in [5.74, 6) is 0.383. The molecule has 0 bridgehead atoms. The fourth-order valence-electron chi connectivity index (χ4n) is 3.06. The van der Waals surface area contributed by atoms with Crippen LogP contribution < -0.4 is 21.3 Å². The van der Waals surface area contributed by atoms with E-state index in [1.807, 2.05) is 6.07 Å². The predicted octanol–water partition coefficient (Wildman–Crippen LogP) is 2.80. The third-order valence-corrected chi connectivity index (χ3v) is 5.36. The van der Waals surface area contributed by atoms with Gasteiger partial charge in [0.2, 0.25) is 11.9 Å². The first kappa shape index (κ1) is 19.6. The summed E-state index contributed by atoms with van der Waals surface area (Å²) in [5.41, 5.74) is 2.00. The number of halogens is 2. The number of nitrogens with zero attached hydrogens (tertiary/aromatic N) is 4. The van der Waals surface area contributed by atoms with Gasteiger partial charge in [-0.05, 0) is 36.6 Å². The summed E-state index contributed by atoms with van der Waals surface area (Å²) in [6, 6.07) is 5.03. The predicted molar refractivity (Wildman–Crippen MR) is 116 cm³/mol. The van der Waals surface area contributed by atoms with Crippen molar-refractivity contribution in [2.75, 3.05) is 10.6 Å². The maximum absolute atomic E-state index is 11.9. The van der Waals surface area contributed by atoms with Gasteiger partial charge in [0.1, 0.15) is 5.70 Å². The number of hydrogen-bond acceptors (Lipinski definition) is 7. The SMILES string of the molecule is O=C1NC(=O)/C(=C/c2cnn3c(NC4CC4)nc(NCc4ccc(Cl)cc4Cl)nc23)N1. The van der Waals surface area contributed by atoms with Crippen LogP contribution >= 0.6 is 23.2 Å². The highest BCUT2D eigenvalue weighted by Crippen LogP contribution is 2.26. The smallest absolute Gasteiger partial charge is 0.326 e.